The van der Waals surface area contributed by atoms with E-state index in [1.807, 2.05) is 6.92 Å². The average molecular weight is 257 g/mol. The molecule has 0 aliphatic rings. The smallest absolute Gasteiger partial charge is 0.255 e. The molecule has 6 heteroatoms. The second-order valence-electron chi connectivity index (χ2n) is 3.92. The van der Waals surface area contributed by atoms with Gasteiger partial charge in [-0.1, -0.05) is 6.92 Å². The molecular weight excluding hydrogens is 242 g/mol. The molecule has 4 N–H and O–H groups in total. The predicted octanol–water partition coefficient (Wildman–Crippen LogP) is 1.58. The number of nitrogens with two attached hydrogens (primary N) is 1. The van der Waals surface area contributed by atoms with Crippen LogP contribution in [0.2, 0.25) is 0 Å². The summed E-state index contributed by atoms with van der Waals surface area (Å²) < 4.78 is 0. The molecule has 0 fully saturated rings. The number of aryl methyl sites for hydroxylation is 1. The number of hydrogen-bond acceptors (Lipinski definition) is 5. The highest BCUT2D eigenvalue weighted by Gasteiger charge is 2.09. The molecule has 0 atom stereocenters. The van der Waals surface area contributed by atoms with Gasteiger partial charge in [0.15, 0.2) is 0 Å². The predicted molar refractivity (Wildman–Crippen MR) is 73.6 cm³/mol. The van der Waals surface area contributed by atoms with Crippen LogP contribution in [0.5, 0.6) is 0 Å². The first-order valence-electron chi connectivity index (χ1n) is 5.92. The second kappa shape index (κ2) is 5.92. The van der Waals surface area contributed by atoms with Crippen molar-refractivity contribution in [3.8, 4) is 0 Å². The molecule has 0 aliphatic carbocycles. The maximum Gasteiger partial charge on any atom is 0.255 e. The van der Waals surface area contributed by atoms with Crippen LogP contribution >= 0.6 is 0 Å². The maximum absolute atomic E-state index is 12.1. The minimum Gasteiger partial charge on any atom is -0.322 e. The monoisotopic (exact) mass is 257 g/mol. The van der Waals surface area contributed by atoms with Crippen molar-refractivity contribution in [1.82, 2.24) is 9.97 Å². The lowest BCUT2D eigenvalue weighted by Crippen LogP contribution is -2.15. The molecule has 1 amide bonds. The van der Waals surface area contributed by atoms with Crippen LogP contribution < -0.4 is 16.6 Å². The molecule has 0 saturated heterocycles. The van der Waals surface area contributed by atoms with E-state index in [0.29, 0.717) is 17.1 Å². The number of rotatable bonds is 4. The number of carbonyl (C=O) groups excluding carboxylic acids is 1. The summed E-state index contributed by atoms with van der Waals surface area (Å²) in [5.74, 6) is 5.61. The average Bonchev–Trinajstić information content (AvgIpc) is 2.47. The Kier molecular flexibility index (Phi) is 4.04. The fourth-order valence-corrected chi connectivity index (χ4v) is 1.61. The van der Waals surface area contributed by atoms with Crippen molar-refractivity contribution in [2.75, 3.05) is 10.7 Å². The SMILES string of the molecule is CCc1cc(C(=O)Nc2ccncc2)cc(NN)n1. The standard InChI is InChI=1S/C13H15N5O/c1-2-10-7-9(8-12(16-10)18-14)13(19)17-11-3-5-15-6-4-11/h3-8H,2,14H2,1H3,(H,16,18)(H,15,17,19). The molecule has 2 rings (SSSR count). The van der Waals surface area contributed by atoms with E-state index in [0.717, 1.165) is 12.1 Å². The molecule has 19 heavy (non-hydrogen) atoms. The summed E-state index contributed by atoms with van der Waals surface area (Å²) in [4.78, 5) is 20.2. The molecule has 0 aliphatic heterocycles. The van der Waals surface area contributed by atoms with Crippen molar-refractivity contribution < 1.29 is 4.79 Å². The Bertz CT molecular complexity index is 548. The highest BCUT2D eigenvalue weighted by molar-refractivity contribution is 6.04. The first kappa shape index (κ1) is 13.0. The number of anilines is 2. The lowest BCUT2D eigenvalue weighted by atomic mass is 10.2. The number of carbonyl (C=O) groups is 1. The molecule has 98 valence electrons. The minimum atomic E-state index is -0.209. The number of nitrogens with one attached hydrogen (secondary N) is 2. The van der Waals surface area contributed by atoms with Crippen molar-refractivity contribution in [3.05, 3.63) is 47.9 Å². The topological polar surface area (TPSA) is 92.9 Å². The zero-order chi connectivity index (χ0) is 13.7. The molecule has 6 nitrogen and oxygen atoms in total. The van der Waals surface area contributed by atoms with Crippen molar-refractivity contribution in [3.63, 3.8) is 0 Å². The molecule has 0 radical (unpaired) electrons. The third kappa shape index (κ3) is 3.26. The van der Waals surface area contributed by atoms with Crippen LogP contribution in [0.15, 0.2) is 36.7 Å². The van der Waals surface area contributed by atoms with E-state index in [1.165, 1.54) is 0 Å². The fourth-order valence-electron chi connectivity index (χ4n) is 1.61. The number of hydrazine groups is 1. The summed E-state index contributed by atoms with van der Waals surface area (Å²) in [6.07, 6.45) is 3.96. The molecular formula is C13H15N5O. The Morgan fingerprint density at radius 1 is 1.32 bits per heavy atom. The van der Waals surface area contributed by atoms with Crippen LogP contribution in [0.3, 0.4) is 0 Å². The van der Waals surface area contributed by atoms with Gasteiger partial charge < -0.3 is 10.7 Å². The molecule has 2 aromatic heterocycles. The van der Waals surface area contributed by atoms with Gasteiger partial charge in [0.2, 0.25) is 0 Å². The fraction of sp³-hybridized carbons (Fsp3) is 0.154. The minimum absolute atomic E-state index is 0.209. The zero-order valence-corrected chi connectivity index (χ0v) is 10.6. The van der Waals surface area contributed by atoms with Crippen molar-refractivity contribution >= 4 is 17.4 Å². The third-order valence-corrected chi connectivity index (χ3v) is 2.59. The van der Waals surface area contributed by atoms with E-state index in [2.05, 4.69) is 20.7 Å². The number of hydrogen-bond donors (Lipinski definition) is 3. The summed E-state index contributed by atoms with van der Waals surface area (Å²) in [6, 6.07) is 6.80. The lowest BCUT2D eigenvalue weighted by molar-refractivity contribution is 0.102. The Hall–Kier alpha value is -2.47. The highest BCUT2D eigenvalue weighted by atomic mass is 16.1. The van der Waals surface area contributed by atoms with Gasteiger partial charge >= 0.3 is 0 Å². The van der Waals surface area contributed by atoms with Crippen LogP contribution in [-0.4, -0.2) is 15.9 Å². The van der Waals surface area contributed by atoms with Gasteiger partial charge in [-0.05, 0) is 30.7 Å². The molecule has 2 aromatic rings. The van der Waals surface area contributed by atoms with E-state index in [4.69, 9.17) is 5.84 Å². The van der Waals surface area contributed by atoms with E-state index >= 15 is 0 Å². The lowest BCUT2D eigenvalue weighted by Gasteiger charge is -2.08. The molecule has 0 aromatic carbocycles. The Labute approximate surface area is 111 Å². The summed E-state index contributed by atoms with van der Waals surface area (Å²) in [5.41, 5.74) is 4.46. The van der Waals surface area contributed by atoms with Gasteiger partial charge in [0, 0.05) is 29.3 Å². The zero-order valence-electron chi connectivity index (χ0n) is 10.6. The third-order valence-electron chi connectivity index (χ3n) is 2.59. The van der Waals surface area contributed by atoms with Gasteiger partial charge in [-0.3, -0.25) is 9.78 Å². The number of aromatic nitrogens is 2. The van der Waals surface area contributed by atoms with Crippen LogP contribution in [0.4, 0.5) is 11.5 Å². The summed E-state index contributed by atoms with van der Waals surface area (Å²) in [7, 11) is 0. The Morgan fingerprint density at radius 2 is 2.05 bits per heavy atom. The quantitative estimate of drug-likeness (QED) is 0.571. The van der Waals surface area contributed by atoms with Crippen molar-refractivity contribution in [2.24, 2.45) is 5.84 Å². The van der Waals surface area contributed by atoms with Gasteiger partial charge in [0.25, 0.3) is 5.91 Å². The highest BCUT2D eigenvalue weighted by Crippen LogP contribution is 2.13. The van der Waals surface area contributed by atoms with Crippen LogP contribution in [0.25, 0.3) is 0 Å². The van der Waals surface area contributed by atoms with Crippen LogP contribution in [0.1, 0.15) is 23.0 Å². The first-order valence-corrected chi connectivity index (χ1v) is 5.92. The first-order chi connectivity index (χ1) is 9.22. The van der Waals surface area contributed by atoms with Crippen molar-refractivity contribution in [2.45, 2.75) is 13.3 Å². The molecule has 0 unspecified atom stereocenters. The maximum atomic E-state index is 12.1. The summed E-state index contributed by atoms with van der Waals surface area (Å²) in [6.45, 7) is 1.97. The van der Waals surface area contributed by atoms with E-state index in [-0.39, 0.29) is 5.91 Å². The molecule has 0 saturated carbocycles. The van der Waals surface area contributed by atoms with Gasteiger partial charge in [-0.15, -0.1) is 0 Å². The van der Waals surface area contributed by atoms with Crippen molar-refractivity contribution in [1.29, 1.82) is 0 Å². The van der Waals surface area contributed by atoms with Gasteiger partial charge in [-0.25, -0.2) is 10.8 Å². The Balaban J connectivity index is 2.23. The summed E-state index contributed by atoms with van der Waals surface area (Å²) in [5, 5.41) is 2.79. The second-order valence-corrected chi connectivity index (χ2v) is 3.92. The molecule has 0 spiro atoms. The van der Waals surface area contributed by atoms with Gasteiger partial charge in [-0.2, -0.15) is 0 Å². The number of amides is 1. The van der Waals surface area contributed by atoms with E-state index < -0.39 is 0 Å². The van der Waals surface area contributed by atoms with E-state index in [1.54, 1.807) is 36.7 Å². The number of nitrogens with zero attached hydrogens (tertiary/aromatic N) is 2. The van der Waals surface area contributed by atoms with Crippen LogP contribution in [0, 0.1) is 0 Å². The summed E-state index contributed by atoms with van der Waals surface area (Å²) >= 11 is 0. The number of pyridine rings is 2. The van der Waals surface area contributed by atoms with Gasteiger partial charge in [0.05, 0.1) is 0 Å². The largest absolute Gasteiger partial charge is 0.322 e. The Morgan fingerprint density at radius 3 is 2.68 bits per heavy atom. The van der Waals surface area contributed by atoms with E-state index in [9.17, 15) is 4.79 Å². The number of nitrogen functional groups attached to an aromatic ring is 1. The van der Waals surface area contributed by atoms with Gasteiger partial charge in [0.1, 0.15) is 5.82 Å². The normalized spacial score (nSPS) is 10.0. The van der Waals surface area contributed by atoms with Crippen LogP contribution in [-0.2, 0) is 6.42 Å². The molecule has 0 bridgehead atoms. The molecule has 2 heterocycles.